The van der Waals surface area contributed by atoms with E-state index in [4.69, 9.17) is 0 Å². The molecule has 0 aromatic carbocycles. The zero-order chi connectivity index (χ0) is 17.9. The molecule has 1 saturated heterocycles. The predicted octanol–water partition coefficient (Wildman–Crippen LogP) is 0.335. The first-order valence-electron chi connectivity index (χ1n) is 8.48. The van der Waals surface area contributed by atoms with Gasteiger partial charge in [0.1, 0.15) is 23.8 Å². The molecular weight excluding hydrogens is 320 g/mol. The maximum Gasteiger partial charge on any atom is 0.242 e. The van der Waals surface area contributed by atoms with Gasteiger partial charge in [-0.15, -0.1) is 0 Å². The molecule has 2 aromatic rings. The van der Waals surface area contributed by atoms with Crippen LogP contribution in [-0.4, -0.2) is 67.7 Å². The molecule has 1 aliphatic heterocycles. The lowest BCUT2D eigenvalue weighted by molar-refractivity contribution is -0.133. The Bertz CT molecular complexity index is 719. The minimum Gasteiger partial charge on any atom is -0.386 e. The monoisotopic (exact) mass is 344 g/mol. The van der Waals surface area contributed by atoms with Gasteiger partial charge in [0.15, 0.2) is 0 Å². The van der Waals surface area contributed by atoms with Crippen molar-refractivity contribution in [1.29, 1.82) is 0 Å². The highest BCUT2D eigenvalue weighted by atomic mass is 16.3. The number of amides is 1. The van der Waals surface area contributed by atoms with E-state index in [1.54, 1.807) is 36.7 Å². The first-order chi connectivity index (χ1) is 12.0. The molecule has 25 heavy (non-hydrogen) atoms. The molecule has 1 fully saturated rings. The normalized spacial score (nSPS) is 20.0. The van der Waals surface area contributed by atoms with Gasteiger partial charge < -0.3 is 19.5 Å². The number of hydrogen-bond acceptors (Lipinski definition) is 6. The Balaban J connectivity index is 1.58. The van der Waals surface area contributed by atoms with Gasteiger partial charge in [0.25, 0.3) is 0 Å². The summed E-state index contributed by atoms with van der Waals surface area (Å²) < 4.78 is 1.85. The number of likely N-dealkylation sites (N-methyl/N-ethyl adjacent to an activating group) is 1. The maximum absolute atomic E-state index is 12.5. The van der Waals surface area contributed by atoms with Crippen LogP contribution < -0.4 is 4.90 Å². The Hall–Kier alpha value is -2.48. The topological polar surface area (TPSA) is 87.4 Å². The van der Waals surface area contributed by atoms with E-state index in [-0.39, 0.29) is 12.5 Å². The number of hydrogen-bond donors (Lipinski definition) is 1. The molecule has 3 heterocycles. The summed E-state index contributed by atoms with van der Waals surface area (Å²) in [6.45, 7) is 3.67. The van der Waals surface area contributed by atoms with Crippen LogP contribution >= 0.6 is 0 Å². The van der Waals surface area contributed by atoms with Crippen molar-refractivity contribution in [2.75, 3.05) is 31.6 Å². The standard InChI is InChI=1S/C17H24N6O2/c1-3-14-20-7-9-22(14)11-16(24)21(2)12-17(25)4-8-23(13-17)15-10-18-5-6-19-15/h5-7,9-10,25H,3-4,8,11-13H2,1-2H3/t17-/m0/s1. The SMILES string of the molecule is CCc1nccn1CC(=O)N(C)C[C@@]1(O)CCN(c2cnccn2)C1. The van der Waals surface area contributed by atoms with Crippen LogP contribution in [0.3, 0.4) is 0 Å². The third-order valence-electron chi connectivity index (χ3n) is 4.59. The van der Waals surface area contributed by atoms with E-state index in [0.717, 1.165) is 18.1 Å². The Morgan fingerprint density at radius 2 is 2.20 bits per heavy atom. The van der Waals surface area contributed by atoms with Gasteiger partial charge in [0, 0.05) is 51.3 Å². The zero-order valence-electron chi connectivity index (χ0n) is 14.7. The van der Waals surface area contributed by atoms with Crippen LogP contribution in [-0.2, 0) is 17.8 Å². The van der Waals surface area contributed by atoms with Gasteiger partial charge in [-0.05, 0) is 6.42 Å². The molecule has 1 atom stereocenters. The van der Waals surface area contributed by atoms with E-state index >= 15 is 0 Å². The molecule has 0 saturated carbocycles. The fourth-order valence-electron chi connectivity index (χ4n) is 3.23. The van der Waals surface area contributed by atoms with Crippen LogP contribution in [0.2, 0.25) is 0 Å². The van der Waals surface area contributed by atoms with Crippen molar-refractivity contribution in [3.05, 3.63) is 36.8 Å². The number of anilines is 1. The molecule has 0 unspecified atom stereocenters. The van der Waals surface area contributed by atoms with E-state index in [9.17, 15) is 9.90 Å². The largest absolute Gasteiger partial charge is 0.386 e. The van der Waals surface area contributed by atoms with Crippen molar-refractivity contribution >= 4 is 11.7 Å². The van der Waals surface area contributed by atoms with Gasteiger partial charge in [0.2, 0.25) is 5.91 Å². The van der Waals surface area contributed by atoms with E-state index in [2.05, 4.69) is 15.0 Å². The molecule has 1 amide bonds. The highest BCUT2D eigenvalue weighted by Crippen LogP contribution is 2.25. The van der Waals surface area contributed by atoms with Crippen molar-refractivity contribution < 1.29 is 9.90 Å². The second-order valence-corrected chi connectivity index (χ2v) is 6.53. The first-order valence-corrected chi connectivity index (χ1v) is 8.48. The second kappa shape index (κ2) is 7.18. The van der Waals surface area contributed by atoms with Gasteiger partial charge in [-0.3, -0.25) is 9.78 Å². The number of nitrogens with zero attached hydrogens (tertiary/aromatic N) is 6. The smallest absolute Gasteiger partial charge is 0.242 e. The summed E-state index contributed by atoms with van der Waals surface area (Å²) in [5, 5.41) is 10.9. The Morgan fingerprint density at radius 1 is 1.36 bits per heavy atom. The molecule has 8 heteroatoms. The molecular formula is C17H24N6O2. The molecule has 0 bridgehead atoms. The average Bonchev–Trinajstić information content (AvgIpc) is 3.22. The fourth-order valence-corrected chi connectivity index (χ4v) is 3.23. The third-order valence-corrected chi connectivity index (χ3v) is 4.59. The minimum atomic E-state index is -0.940. The van der Waals surface area contributed by atoms with Crippen LogP contribution in [0.25, 0.3) is 0 Å². The van der Waals surface area contributed by atoms with Crippen LogP contribution in [0, 0.1) is 0 Å². The minimum absolute atomic E-state index is 0.0425. The first kappa shape index (κ1) is 17.3. The summed E-state index contributed by atoms with van der Waals surface area (Å²) in [5.41, 5.74) is -0.940. The fraction of sp³-hybridized carbons (Fsp3) is 0.529. The van der Waals surface area contributed by atoms with Crippen molar-refractivity contribution in [2.24, 2.45) is 0 Å². The van der Waals surface area contributed by atoms with Crippen LogP contribution in [0.15, 0.2) is 31.0 Å². The van der Waals surface area contributed by atoms with Crippen LogP contribution in [0.1, 0.15) is 19.2 Å². The number of carbonyl (C=O) groups is 1. The predicted molar refractivity (Wildman–Crippen MR) is 93.1 cm³/mol. The number of carbonyl (C=O) groups excluding carboxylic acids is 1. The molecule has 0 spiro atoms. The summed E-state index contributed by atoms with van der Waals surface area (Å²) in [6, 6.07) is 0. The van der Waals surface area contributed by atoms with Gasteiger partial charge >= 0.3 is 0 Å². The number of β-amino-alcohol motifs (C(OH)–C–C–N with tert-alkyl or cyclic N) is 1. The zero-order valence-corrected chi connectivity index (χ0v) is 14.7. The van der Waals surface area contributed by atoms with Crippen LogP contribution in [0.5, 0.6) is 0 Å². The lowest BCUT2D eigenvalue weighted by Crippen LogP contribution is -2.46. The van der Waals surface area contributed by atoms with Crippen molar-refractivity contribution in [3.63, 3.8) is 0 Å². The van der Waals surface area contributed by atoms with Crippen molar-refractivity contribution in [2.45, 2.75) is 31.9 Å². The summed E-state index contributed by atoms with van der Waals surface area (Å²) in [6.07, 6.45) is 9.83. The van der Waals surface area contributed by atoms with Gasteiger partial charge in [-0.1, -0.05) is 6.92 Å². The third kappa shape index (κ3) is 3.96. The number of imidazole rings is 1. The summed E-state index contributed by atoms with van der Waals surface area (Å²) >= 11 is 0. The van der Waals surface area contributed by atoms with Gasteiger partial charge in [-0.2, -0.15) is 0 Å². The second-order valence-electron chi connectivity index (χ2n) is 6.53. The quantitative estimate of drug-likeness (QED) is 0.813. The lowest BCUT2D eigenvalue weighted by Gasteiger charge is -2.29. The number of aliphatic hydroxyl groups is 1. The lowest BCUT2D eigenvalue weighted by atomic mass is 10.0. The maximum atomic E-state index is 12.5. The van der Waals surface area contributed by atoms with E-state index in [1.165, 1.54) is 0 Å². The van der Waals surface area contributed by atoms with Crippen molar-refractivity contribution in [1.82, 2.24) is 24.4 Å². The van der Waals surface area contributed by atoms with Gasteiger partial charge in [0.05, 0.1) is 12.7 Å². The molecule has 8 nitrogen and oxygen atoms in total. The molecule has 2 aromatic heterocycles. The molecule has 3 rings (SSSR count). The molecule has 0 aliphatic carbocycles. The average molecular weight is 344 g/mol. The number of rotatable bonds is 6. The van der Waals surface area contributed by atoms with Gasteiger partial charge in [-0.25, -0.2) is 9.97 Å². The molecule has 1 aliphatic rings. The molecule has 1 N–H and O–H groups in total. The summed E-state index contributed by atoms with van der Waals surface area (Å²) in [5.74, 6) is 1.59. The van der Waals surface area contributed by atoms with Crippen molar-refractivity contribution in [3.8, 4) is 0 Å². The Labute approximate surface area is 147 Å². The van der Waals surface area contributed by atoms with E-state index in [0.29, 0.717) is 26.1 Å². The summed E-state index contributed by atoms with van der Waals surface area (Å²) in [4.78, 5) is 28.7. The van der Waals surface area contributed by atoms with E-state index in [1.807, 2.05) is 22.6 Å². The van der Waals surface area contributed by atoms with Crippen LogP contribution in [0.4, 0.5) is 5.82 Å². The number of aromatic nitrogens is 4. The summed E-state index contributed by atoms with van der Waals surface area (Å²) in [7, 11) is 1.73. The Kier molecular flexibility index (Phi) is 4.98. The molecule has 0 radical (unpaired) electrons. The highest BCUT2D eigenvalue weighted by molar-refractivity contribution is 5.75. The highest BCUT2D eigenvalue weighted by Gasteiger charge is 2.38. The Morgan fingerprint density at radius 3 is 2.92 bits per heavy atom. The van der Waals surface area contributed by atoms with E-state index < -0.39 is 5.60 Å². The number of aryl methyl sites for hydroxylation is 1. The molecule has 134 valence electrons.